The Kier molecular flexibility index (Phi) is 4.64. The summed E-state index contributed by atoms with van der Waals surface area (Å²) in [5, 5.41) is 14.3. The fourth-order valence-corrected chi connectivity index (χ4v) is 3.72. The number of halogens is 2. The first-order valence-corrected chi connectivity index (χ1v) is 8.82. The third kappa shape index (κ3) is 2.82. The van der Waals surface area contributed by atoms with Gasteiger partial charge in [0.1, 0.15) is 11.5 Å². The lowest BCUT2D eigenvalue weighted by Gasteiger charge is -2.06. The summed E-state index contributed by atoms with van der Waals surface area (Å²) in [6.45, 7) is 1.96. The highest BCUT2D eigenvalue weighted by Crippen LogP contribution is 2.34. The van der Waals surface area contributed by atoms with Gasteiger partial charge in [-0.15, -0.1) is 0 Å². The highest BCUT2D eigenvalue weighted by atomic mass is 79.9. The summed E-state index contributed by atoms with van der Waals surface area (Å²) < 4.78 is 7.78. The summed E-state index contributed by atoms with van der Waals surface area (Å²) in [6, 6.07) is 6.84. The average Bonchev–Trinajstić information content (AvgIpc) is 2.95. The normalized spacial score (nSPS) is 11.0. The van der Waals surface area contributed by atoms with Gasteiger partial charge >= 0.3 is 0 Å². The molecule has 0 spiro atoms. The zero-order valence-corrected chi connectivity index (χ0v) is 16.2. The topological polar surface area (TPSA) is 63.8 Å². The van der Waals surface area contributed by atoms with Crippen molar-refractivity contribution in [2.24, 2.45) is 0 Å². The van der Waals surface area contributed by atoms with Crippen LogP contribution >= 0.6 is 31.9 Å². The fraction of sp³-hybridized carbons (Fsp3) is 0.176. The molecule has 124 valence electrons. The minimum atomic E-state index is -0.145. The molecule has 0 aliphatic carbocycles. The predicted molar refractivity (Wildman–Crippen MR) is 98.1 cm³/mol. The number of rotatable bonds is 4. The third-order valence-corrected chi connectivity index (χ3v) is 4.96. The van der Waals surface area contributed by atoms with Crippen LogP contribution in [0.5, 0.6) is 11.5 Å². The number of ether oxygens (including phenoxy) is 1. The number of aromatic hydroxyl groups is 1. The molecule has 5 nitrogen and oxygen atoms in total. The number of carbonyl (C=O) groups excluding carboxylic acids is 1. The second kappa shape index (κ2) is 6.57. The third-order valence-electron chi connectivity index (χ3n) is 3.75. The maximum absolute atomic E-state index is 13.1. The van der Waals surface area contributed by atoms with E-state index in [1.54, 1.807) is 36.0 Å². The van der Waals surface area contributed by atoms with Gasteiger partial charge in [0, 0.05) is 5.56 Å². The van der Waals surface area contributed by atoms with E-state index in [-0.39, 0.29) is 11.5 Å². The SMILES string of the molecule is CCc1nn2cc(OC)ccc2c1C(=O)c1cc(Br)c(O)c(Br)c1. The van der Waals surface area contributed by atoms with Crippen molar-refractivity contribution in [2.75, 3.05) is 7.11 Å². The summed E-state index contributed by atoms with van der Waals surface area (Å²) in [6.07, 6.45) is 2.37. The molecule has 0 saturated heterocycles. The van der Waals surface area contributed by atoms with Crippen molar-refractivity contribution < 1.29 is 14.6 Å². The maximum Gasteiger partial charge on any atom is 0.197 e. The van der Waals surface area contributed by atoms with Crippen LogP contribution in [-0.4, -0.2) is 27.6 Å². The first-order chi connectivity index (χ1) is 11.5. The van der Waals surface area contributed by atoms with Gasteiger partial charge in [0.05, 0.1) is 39.0 Å². The summed E-state index contributed by atoms with van der Waals surface area (Å²) in [5.41, 5.74) is 2.46. The second-order valence-corrected chi connectivity index (χ2v) is 6.90. The number of phenols is 1. The highest BCUT2D eigenvalue weighted by Gasteiger charge is 2.22. The Labute approximate surface area is 155 Å². The van der Waals surface area contributed by atoms with E-state index in [0.29, 0.717) is 37.9 Å². The smallest absolute Gasteiger partial charge is 0.197 e. The van der Waals surface area contributed by atoms with E-state index < -0.39 is 0 Å². The lowest BCUT2D eigenvalue weighted by molar-refractivity contribution is 0.103. The zero-order chi connectivity index (χ0) is 17.4. The number of fused-ring (bicyclic) bond motifs is 1. The van der Waals surface area contributed by atoms with Crippen molar-refractivity contribution in [2.45, 2.75) is 13.3 Å². The van der Waals surface area contributed by atoms with Crippen molar-refractivity contribution in [1.82, 2.24) is 9.61 Å². The molecule has 0 unspecified atom stereocenters. The molecule has 0 aliphatic rings. The van der Waals surface area contributed by atoms with Crippen LogP contribution in [0.2, 0.25) is 0 Å². The minimum Gasteiger partial charge on any atom is -0.506 e. The van der Waals surface area contributed by atoms with Gasteiger partial charge in [0.25, 0.3) is 0 Å². The van der Waals surface area contributed by atoms with Crippen molar-refractivity contribution in [3.63, 3.8) is 0 Å². The molecule has 1 aromatic carbocycles. The Morgan fingerprint density at radius 2 is 1.96 bits per heavy atom. The molecule has 0 saturated carbocycles. The highest BCUT2D eigenvalue weighted by molar-refractivity contribution is 9.11. The van der Waals surface area contributed by atoms with Gasteiger partial charge in [-0.25, -0.2) is 4.52 Å². The van der Waals surface area contributed by atoms with E-state index in [0.717, 1.165) is 5.52 Å². The molecule has 7 heteroatoms. The number of hydrogen-bond donors (Lipinski definition) is 1. The van der Waals surface area contributed by atoms with E-state index >= 15 is 0 Å². The van der Waals surface area contributed by atoms with Crippen LogP contribution in [-0.2, 0) is 6.42 Å². The van der Waals surface area contributed by atoms with Crippen molar-refractivity contribution in [3.8, 4) is 11.5 Å². The van der Waals surface area contributed by atoms with Gasteiger partial charge in [-0.05, 0) is 62.5 Å². The zero-order valence-electron chi connectivity index (χ0n) is 13.0. The summed E-state index contributed by atoms with van der Waals surface area (Å²) in [5.74, 6) is 0.585. The van der Waals surface area contributed by atoms with Crippen molar-refractivity contribution >= 4 is 43.2 Å². The molecule has 0 aliphatic heterocycles. The molecule has 2 aromatic heterocycles. The summed E-state index contributed by atoms with van der Waals surface area (Å²) in [7, 11) is 1.59. The van der Waals surface area contributed by atoms with Crippen LogP contribution in [0.3, 0.4) is 0 Å². The van der Waals surface area contributed by atoms with E-state index in [4.69, 9.17) is 4.74 Å². The standard InChI is InChI=1S/C17H14Br2N2O3/c1-3-13-15(14-5-4-10(24-2)8-21(14)20-13)16(22)9-6-11(18)17(23)12(19)7-9/h4-8,23H,3H2,1-2H3. The Hall–Kier alpha value is -1.86. The van der Waals surface area contributed by atoms with E-state index in [1.807, 2.05) is 13.0 Å². The number of hydrogen-bond acceptors (Lipinski definition) is 4. The number of ketones is 1. The van der Waals surface area contributed by atoms with Gasteiger partial charge in [0.2, 0.25) is 0 Å². The Balaban J connectivity index is 2.19. The van der Waals surface area contributed by atoms with E-state index in [9.17, 15) is 9.90 Å². The molecule has 0 fully saturated rings. The molecule has 24 heavy (non-hydrogen) atoms. The molecular formula is C17H14Br2N2O3. The number of methoxy groups -OCH3 is 1. The van der Waals surface area contributed by atoms with Gasteiger partial charge in [-0.3, -0.25) is 4.79 Å². The lowest BCUT2D eigenvalue weighted by Crippen LogP contribution is -2.04. The Morgan fingerprint density at radius 3 is 2.54 bits per heavy atom. The monoisotopic (exact) mass is 452 g/mol. The molecule has 2 heterocycles. The Morgan fingerprint density at radius 1 is 1.29 bits per heavy atom. The van der Waals surface area contributed by atoms with Crippen molar-refractivity contribution in [1.29, 1.82) is 0 Å². The molecular weight excluding hydrogens is 440 g/mol. The van der Waals surface area contributed by atoms with Crippen LogP contribution in [0.4, 0.5) is 0 Å². The van der Waals surface area contributed by atoms with Gasteiger partial charge in [-0.1, -0.05) is 6.92 Å². The van der Waals surface area contributed by atoms with Gasteiger partial charge in [0.15, 0.2) is 5.78 Å². The first-order valence-electron chi connectivity index (χ1n) is 7.24. The summed E-state index contributed by atoms with van der Waals surface area (Å²) in [4.78, 5) is 13.1. The van der Waals surface area contributed by atoms with Crippen LogP contribution in [0.15, 0.2) is 39.4 Å². The minimum absolute atomic E-state index is 0.0619. The largest absolute Gasteiger partial charge is 0.506 e. The number of aromatic nitrogens is 2. The molecule has 0 atom stereocenters. The molecule has 1 N–H and O–H groups in total. The number of carbonyl (C=O) groups is 1. The average molecular weight is 454 g/mol. The molecule has 0 bridgehead atoms. The summed E-state index contributed by atoms with van der Waals surface area (Å²) >= 11 is 6.53. The van der Waals surface area contributed by atoms with E-state index in [2.05, 4.69) is 37.0 Å². The van der Waals surface area contributed by atoms with Crippen LogP contribution in [0.1, 0.15) is 28.5 Å². The maximum atomic E-state index is 13.1. The number of phenolic OH excluding ortho intramolecular Hbond substituents is 1. The van der Waals surface area contributed by atoms with Gasteiger partial charge < -0.3 is 9.84 Å². The van der Waals surface area contributed by atoms with E-state index in [1.165, 1.54) is 0 Å². The van der Waals surface area contributed by atoms with Crippen LogP contribution in [0, 0.1) is 0 Å². The number of pyridine rings is 1. The van der Waals surface area contributed by atoms with Crippen molar-refractivity contribution in [3.05, 3.63) is 56.2 Å². The second-order valence-electron chi connectivity index (χ2n) is 5.19. The molecule has 3 aromatic rings. The molecule has 3 rings (SSSR count). The molecule has 0 amide bonds. The number of nitrogens with zero attached hydrogens (tertiary/aromatic N) is 2. The van der Waals surface area contributed by atoms with Crippen LogP contribution < -0.4 is 4.74 Å². The quantitative estimate of drug-likeness (QED) is 0.596. The number of benzene rings is 1. The Bertz CT molecular complexity index is 927. The fourth-order valence-electron chi connectivity index (χ4n) is 2.54. The first kappa shape index (κ1) is 17.0. The van der Waals surface area contributed by atoms with Crippen LogP contribution in [0.25, 0.3) is 5.52 Å². The predicted octanol–water partition coefficient (Wildman–Crippen LogP) is 4.37. The lowest BCUT2D eigenvalue weighted by atomic mass is 10.0. The number of aryl methyl sites for hydroxylation is 1. The van der Waals surface area contributed by atoms with Gasteiger partial charge in [-0.2, -0.15) is 5.10 Å². The molecule has 0 radical (unpaired) electrons.